The molecule has 74 valence electrons. The van der Waals surface area contributed by atoms with Gasteiger partial charge < -0.3 is 0 Å². The van der Waals surface area contributed by atoms with Gasteiger partial charge in [0, 0.05) is 19.1 Å². The molecular weight excluding hydrogens is 176 g/mol. The molecule has 0 aliphatic rings. The minimum atomic E-state index is -3.28. The molecular formula is C7H18N2O2S. The zero-order valence-corrected chi connectivity index (χ0v) is 9.14. The summed E-state index contributed by atoms with van der Waals surface area (Å²) in [5.74, 6) is 0. The van der Waals surface area contributed by atoms with Crippen LogP contribution in [0.25, 0.3) is 0 Å². The molecule has 0 rings (SSSR count). The molecule has 0 radical (unpaired) electrons. The highest BCUT2D eigenvalue weighted by Gasteiger charge is 2.25. The van der Waals surface area contributed by atoms with Gasteiger partial charge in [0.05, 0.1) is 0 Å². The number of hydrogen-bond acceptors (Lipinski definition) is 2. The van der Waals surface area contributed by atoms with Crippen LogP contribution < -0.4 is 4.72 Å². The van der Waals surface area contributed by atoms with Gasteiger partial charge in [-0.15, -0.1) is 0 Å². The van der Waals surface area contributed by atoms with Crippen molar-refractivity contribution in [3.8, 4) is 0 Å². The van der Waals surface area contributed by atoms with Crippen molar-refractivity contribution in [3.05, 3.63) is 0 Å². The molecule has 0 atom stereocenters. The summed E-state index contributed by atoms with van der Waals surface area (Å²) in [7, 11) is -1.85. The summed E-state index contributed by atoms with van der Waals surface area (Å²) < 4.78 is 26.5. The summed E-state index contributed by atoms with van der Waals surface area (Å²) >= 11 is 0. The van der Waals surface area contributed by atoms with Crippen molar-refractivity contribution < 1.29 is 8.42 Å². The van der Waals surface area contributed by atoms with Crippen molar-refractivity contribution in [1.82, 2.24) is 9.03 Å². The van der Waals surface area contributed by atoms with Crippen molar-refractivity contribution in [3.63, 3.8) is 0 Å². The molecule has 1 N–H and O–H groups in total. The Hall–Kier alpha value is -0.130. The number of nitrogens with one attached hydrogen (secondary N) is 1. The predicted octanol–water partition coefficient (Wildman–Crippen LogP) is 0.569. The van der Waals surface area contributed by atoms with Gasteiger partial charge in [-0.1, -0.05) is 0 Å². The Kier molecular flexibility index (Phi) is 4.16. The molecule has 0 aromatic rings. The van der Waals surface area contributed by atoms with Crippen LogP contribution in [0.15, 0.2) is 0 Å². The van der Waals surface area contributed by atoms with Crippen molar-refractivity contribution in [2.75, 3.05) is 7.05 Å². The first-order valence-corrected chi connectivity index (χ1v) is 5.49. The molecule has 0 unspecified atom stereocenters. The van der Waals surface area contributed by atoms with Crippen molar-refractivity contribution >= 4 is 10.2 Å². The van der Waals surface area contributed by atoms with E-state index >= 15 is 0 Å². The van der Waals surface area contributed by atoms with E-state index in [1.807, 2.05) is 27.7 Å². The Morgan fingerprint density at radius 2 is 1.42 bits per heavy atom. The third kappa shape index (κ3) is 2.73. The Balaban J connectivity index is 4.76. The highest BCUT2D eigenvalue weighted by molar-refractivity contribution is 7.87. The molecule has 0 saturated carbocycles. The molecule has 0 aromatic carbocycles. The van der Waals surface area contributed by atoms with Crippen LogP contribution >= 0.6 is 0 Å². The first kappa shape index (κ1) is 11.9. The molecule has 0 heterocycles. The third-order valence-electron chi connectivity index (χ3n) is 1.55. The average Bonchev–Trinajstić information content (AvgIpc) is 1.84. The molecule has 4 nitrogen and oxygen atoms in total. The van der Waals surface area contributed by atoms with Crippen LogP contribution in [0, 0.1) is 0 Å². The molecule has 12 heavy (non-hydrogen) atoms. The second kappa shape index (κ2) is 4.20. The van der Waals surface area contributed by atoms with Gasteiger partial charge >= 0.3 is 0 Å². The normalized spacial score (nSPS) is 13.3. The van der Waals surface area contributed by atoms with Crippen LogP contribution in [0.3, 0.4) is 0 Å². The maximum atomic E-state index is 11.4. The van der Waals surface area contributed by atoms with Gasteiger partial charge in [-0.25, -0.2) is 4.72 Å². The summed E-state index contributed by atoms with van der Waals surface area (Å²) in [4.78, 5) is 0. The lowest BCUT2D eigenvalue weighted by Crippen LogP contribution is -2.46. The van der Waals surface area contributed by atoms with Crippen LogP contribution in [0.5, 0.6) is 0 Å². The fraction of sp³-hybridized carbons (Fsp3) is 1.00. The maximum Gasteiger partial charge on any atom is 0.279 e. The van der Waals surface area contributed by atoms with Crippen LogP contribution in [0.4, 0.5) is 0 Å². The summed E-state index contributed by atoms with van der Waals surface area (Å²) in [5, 5.41) is 0. The molecule has 0 saturated heterocycles. The van der Waals surface area contributed by atoms with E-state index in [1.165, 1.54) is 11.4 Å². The SMILES string of the molecule is CNS(=O)(=O)N(C(C)C)C(C)C. The number of rotatable bonds is 4. The fourth-order valence-electron chi connectivity index (χ4n) is 1.26. The molecule has 0 aliphatic heterocycles. The Morgan fingerprint density at radius 3 is 1.50 bits per heavy atom. The minimum absolute atomic E-state index is 0.0116. The van der Waals surface area contributed by atoms with Crippen molar-refractivity contribution in [2.45, 2.75) is 39.8 Å². The minimum Gasteiger partial charge on any atom is -0.205 e. The highest BCUT2D eigenvalue weighted by atomic mass is 32.2. The summed E-state index contributed by atoms with van der Waals surface area (Å²) in [6.07, 6.45) is 0. The molecule has 5 heteroatoms. The van der Waals surface area contributed by atoms with E-state index in [4.69, 9.17) is 0 Å². The van der Waals surface area contributed by atoms with E-state index in [-0.39, 0.29) is 12.1 Å². The van der Waals surface area contributed by atoms with Gasteiger partial charge in [0.25, 0.3) is 10.2 Å². The average molecular weight is 194 g/mol. The predicted molar refractivity (Wildman–Crippen MR) is 50.1 cm³/mol. The van der Waals surface area contributed by atoms with Gasteiger partial charge in [0.2, 0.25) is 0 Å². The van der Waals surface area contributed by atoms with Crippen molar-refractivity contribution in [1.29, 1.82) is 0 Å². The number of hydrogen-bond donors (Lipinski definition) is 1. The molecule has 0 spiro atoms. The Morgan fingerprint density at radius 1 is 1.08 bits per heavy atom. The van der Waals surface area contributed by atoms with E-state index in [9.17, 15) is 8.42 Å². The second-order valence-electron chi connectivity index (χ2n) is 3.23. The quantitative estimate of drug-likeness (QED) is 0.711. The summed E-state index contributed by atoms with van der Waals surface area (Å²) in [6.45, 7) is 7.42. The van der Waals surface area contributed by atoms with Crippen LogP contribution in [0.2, 0.25) is 0 Å². The van der Waals surface area contributed by atoms with E-state index in [0.29, 0.717) is 0 Å². The van der Waals surface area contributed by atoms with E-state index in [2.05, 4.69) is 4.72 Å². The molecule has 0 bridgehead atoms. The van der Waals surface area contributed by atoms with Crippen molar-refractivity contribution in [2.24, 2.45) is 0 Å². The van der Waals surface area contributed by atoms with E-state index in [1.54, 1.807) is 0 Å². The first-order chi connectivity index (χ1) is 5.33. The van der Waals surface area contributed by atoms with Crippen LogP contribution in [0.1, 0.15) is 27.7 Å². The zero-order valence-electron chi connectivity index (χ0n) is 8.33. The number of nitrogens with zero attached hydrogens (tertiary/aromatic N) is 1. The molecule has 0 aliphatic carbocycles. The maximum absolute atomic E-state index is 11.4. The Bertz CT molecular complexity index is 214. The van der Waals surface area contributed by atoms with Gasteiger partial charge in [-0.2, -0.15) is 12.7 Å². The van der Waals surface area contributed by atoms with Gasteiger partial charge in [0.1, 0.15) is 0 Å². The molecule has 0 aromatic heterocycles. The summed E-state index contributed by atoms with van der Waals surface area (Å²) in [5.41, 5.74) is 0. The van der Waals surface area contributed by atoms with Gasteiger partial charge in [-0.3, -0.25) is 0 Å². The highest BCUT2D eigenvalue weighted by Crippen LogP contribution is 2.09. The zero-order chi connectivity index (χ0) is 9.94. The van der Waals surface area contributed by atoms with Crippen LogP contribution in [-0.2, 0) is 10.2 Å². The first-order valence-electron chi connectivity index (χ1n) is 4.05. The van der Waals surface area contributed by atoms with E-state index in [0.717, 1.165) is 0 Å². The standard InChI is InChI=1S/C7H18N2O2S/c1-6(2)9(7(3)4)12(10,11)8-5/h6-8H,1-5H3. The lowest BCUT2D eigenvalue weighted by atomic mass is 10.3. The van der Waals surface area contributed by atoms with E-state index < -0.39 is 10.2 Å². The topological polar surface area (TPSA) is 49.4 Å². The molecule has 0 amide bonds. The molecule has 0 fully saturated rings. The summed E-state index contributed by atoms with van der Waals surface area (Å²) in [6, 6.07) is -0.0232. The third-order valence-corrected chi connectivity index (χ3v) is 3.47. The lowest BCUT2D eigenvalue weighted by molar-refractivity contribution is 0.299. The Labute approximate surface area is 75.1 Å². The van der Waals surface area contributed by atoms with Gasteiger partial charge in [-0.05, 0) is 27.7 Å². The second-order valence-corrected chi connectivity index (χ2v) is 5.01. The smallest absolute Gasteiger partial charge is 0.205 e. The fourth-order valence-corrected chi connectivity index (χ4v) is 2.58. The monoisotopic (exact) mass is 194 g/mol. The lowest BCUT2D eigenvalue weighted by Gasteiger charge is -2.28. The van der Waals surface area contributed by atoms with Crippen LogP contribution in [-0.4, -0.2) is 31.9 Å². The largest absolute Gasteiger partial charge is 0.279 e. The van der Waals surface area contributed by atoms with Gasteiger partial charge in [0.15, 0.2) is 0 Å².